The third kappa shape index (κ3) is 3.40. The van der Waals surface area contributed by atoms with Crippen LogP contribution < -0.4 is 5.32 Å². The molecule has 0 saturated carbocycles. The summed E-state index contributed by atoms with van der Waals surface area (Å²) in [6, 6.07) is 12.6. The van der Waals surface area contributed by atoms with Gasteiger partial charge in [0.05, 0.1) is 10.7 Å². The zero-order chi connectivity index (χ0) is 13.0. The molecule has 2 aromatic rings. The van der Waals surface area contributed by atoms with E-state index in [1.54, 1.807) is 17.8 Å². The van der Waals surface area contributed by atoms with Gasteiger partial charge in [-0.3, -0.25) is 0 Å². The number of hydrogen-bond donors (Lipinski definition) is 1. The van der Waals surface area contributed by atoms with Crippen molar-refractivity contribution in [1.29, 1.82) is 0 Å². The molecule has 1 N–H and O–H groups in total. The molecule has 0 amide bonds. The van der Waals surface area contributed by atoms with Crippen molar-refractivity contribution in [2.45, 2.75) is 11.4 Å². The minimum absolute atomic E-state index is 0.324. The van der Waals surface area contributed by atoms with Gasteiger partial charge in [-0.15, -0.1) is 11.8 Å². The molecular weight excluding hydrogens is 269 g/mol. The fourth-order valence-electron chi connectivity index (χ4n) is 1.57. The van der Waals surface area contributed by atoms with Gasteiger partial charge in [-0.25, -0.2) is 4.39 Å². The molecule has 0 radical (unpaired) electrons. The van der Waals surface area contributed by atoms with Gasteiger partial charge in [0, 0.05) is 11.4 Å². The summed E-state index contributed by atoms with van der Waals surface area (Å²) in [6.07, 6.45) is 2.05. The molecule has 0 fully saturated rings. The highest BCUT2D eigenvalue weighted by molar-refractivity contribution is 7.98. The number of anilines is 1. The maximum atomic E-state index is 12.9. The van der Waals surface area contributed by atoms with Crippen molar-refractivity contribution in [3.05, 3.63) is 58.9 Å². The second kappa shape index (κ2) is 6.12. The Morgan fingerprint density at radius 2 is 1.89 bits per heavy atom. The first-order chi connectivity index (χ1) is 8.69. The molecule has 0 heterocycles. The van der Waals surface area contributed by atoms with E-state index in [-0.39, 0.29) is 5.82 Å². The van der Waals surface area contributed by atoms with E-state index < -0.39 is 0 Å². The van der Waals surface area contributed by atoms with Crippen LogP contribution in [0.15, 0.2) is 47.4 Å². The highest BCUT2D eigenvalue weighted by Crippen LogP contribution is 2.23. The van der Waals surface area contributed by atoms with Gasteiger partial charge in [0.15, 0.2) is 0 Å². The van der Waals surface area contributed by atoms with Crippen LogP contribution in [-0.2, 0) is 6.54 Å². The number of thioether (sulfide) groups is 1. The fourth-order valence-corrected chi connectivity index (χ4v) is 2.22. The lowest BCUT2D eigenvalue weighted by Crippen LogP contribution is -1.99. The van der Waals surface area contributed by atoms with E-state index in [9.17, 15) is 4.39 Å². The van der Waals surface area contributed by atoms with Crippen LogP contribution >= 0.6 is 23.4 Å². The highest BCUT2D eigenvalue weighted by atomic mass is 35.5. The van der Waals surface area contributed by atoms with Gasteiger partial charge in [-0.2, -0.15) is 0 Å². The molecule has 0 atom stereocenters. The normalized spacial score (nSPS) is 10.4. The second-order valence-electron chi connectivity index (χ2n) is 3.83. The lowest BCUT2D eigenvalue weighted by atomic mass is 10.2. The van der Waals surface area contributed by atoms with Gasteiger partial charge in [0.1, 0.15) is 5.82 Å². The molecule has 0 unspecified atom stereocenters. The minimum Gasteiger partial charge on any atom is -0.380 e. The zero-order valence-electron chi connectivity index (χ0n) is 9.91. The molecule has 0 spiro atoms. The maximum absolute atomic E-state index is 12.9. The molecule has 0 aliphatic carbocycles. The van der Waals surface area contributed by atoms with Crippen LogP contribution in [0.2, 0.25) is 5.02 Å². The lowest BCUT2D eigenvalue weighted by molar-refractivity contribution is 0.628. The SMILES string of the molecule is CSc1ccc(CNc2ccc(F)cc2Cl)cc1. The maximum Gasteiger partial charge on any atom is 0.124 e. The van der Waals surface area contributed by atoms with Crippen LogP contribution in [0.1, 0.15) is 5.56 Å². The Kier molecular flexibility index (Phi) is 4.50. The summed E-state index contributed by atoms with van der Waals surface area (Å²) < 4.78 is 12.9. The average Bonchev–Trinajstić information content (AvgIpc) is 2.38. The van der Waals surface area contributed by atoms with Crippen LogP contribution in [0.5, 0.6) is 0 Å². The van der Waals surface area contributed by atoms with Crippen LogP contribution in [0.3, 0.4) is 0 Å². The molecule has 2 aromatic carbocycles. The van der Waals surface area contributed by atoms with Crippen molar-refractivity contribution in [3.63, 3.8) is 0 Å². The Morgan fingerprint density at radius 3 is 2.50 bits per heavy atom. The summed E-state index contributed by atoms with van der Waals surface area (Å²) in [5, 5.41) is 3.59. The molecule has 0 aliphatic rings. The molecule has 0 saturated heterocycles. The molecule has 2 rings (SSSR count). The molecule has 94 valence electrons. The Morgan fingerprint density at radius 1 is 1.17 bits per heavy atom. The molecule has 0 aliphatic heterocycles. The quantitative estimate of drug-likeness (QED) is 0.807. The van der Waals surface area contributed by atoms with E-state index >= 15 is 0 Å². The standard InChI is InChI=1S/C14H13ClFNS/c1-18-12-5-2-10(3-6-12)9-17-14-7-4-11(16)8-13(14)15/h2-8,17H,9H2,1H3. The monoisotopic (exact) mass is 281 g/mol. The fraction of sp³-hybridized carbons (Fsp3) is 0.143. The second-order valence-corrected chi connectivity index (χ2v) is 5.11. The predicted molar refractivity (Wildman–Crippen MR) is 77.0 cm³/mol. The number of nitrogens with one attached hydrogen (secondary N) is 1. The summed E-state index contributed by atoms with van der Waals surface area (Å²) in [4.78, 5) is 1.23. The van der Waals surface area contributed by atoms with Gasteiger partial charge >= 0.3 is 0 Å². The number of hydrogen-bond acceptors (Lipinski definition) is 2. The molecule has 1 nitrogen and oxygen atoms in total. The lowest BCUT2D eigenvalue weighted by Gasteiger charge is -2.08. The Labute approximate surface area is 115 Å². The average molecular weight is 282 g/mol. The highest BCUT2D eigenvalue weighted by Gasteiger charge is 2.01. The summed E-state index contributed by atoms with van der Waals surface area (Å²) in [5.74, 6) is -0.324. The van der Waals surface area contributed by atoms with Crippen molar-refractivity contribution in [1.82, 2.24) is 0 Å². The van der Waals surface area contributed by atoms with Crippen molar-refractivity contribution < 1.29 is 4.39 Å². The number of halogens is 2. The summed E-state index contributed by atoms with van der Waals surface area (Å²) in [7, 11) is 0. The molecule has 4 heteroatoms. The van der Waals surface area contributed by atoms with Crippen molar-refractivity contribution >= 4 is 29.1 Å². The smallest absolute Gasteiger partial charge is 0.124 e. The van der Waals surface area contributed by atoms with Crippen molar-refractivity contribution in [3.8, 4) is 0 Å². The molecule has 18 heavy (non-hydrogen) atoms. The third-order valence-electron chi connectivity index (χ3n) is 2.57. The first-order valence-corrected chi connectivity index (χ1v) is 7.11. The molecular formula is C14H13ClFNS. The van der Waals surface area contributed by atoms with E-state index in [0.717, 1.165) is 11.3 Å². The van der Waals surface area contributed by atoms with Gasteiger partial charge in [-0.05, 0) is 42.2 Å². The zero-order valence-corrected chi connectivity index (χ0v) is 11.5. The topological polar surface area (TPSA) is 12.0 Å². The summed E-state index contributed by atoms with van der Waals surface area (Å²) >= 11 is 7.65. The van der Waals surface area contributed by atoms with Crippen LogP contribution in [0.25, 0.3) is 0 Å². The van der Waals surface area contributed by atoms with E-state index in [0.29, 0.717) is 11.6 Å². The van der Waals surface area contributed by atoms with E-state index in [2.05, 4.69) is 29.6 Å². The van der Waals surface area contributed by atoms with Crippen LogP contribution in [-0.4, -0.2) is 6.26 Å². The van der Waals surface area contributed by atoms with Gasteiger partial charge in [0.25, 0.3) is 0 Å². The Bertz CT molecular complexity index is 528. The van der Waals surface area contributed by atoms with E-state index in [1.807, 2.05) is 6.26 Å². The first kappa shape index (κ1) is 13.2. The van der Waals surface area contributed by atoms with Gasteiger partial charge in [-0.1, -0.05) is 23.7 Å². The van der Waals surface area contributed by atoms with Crippen molar-refractivity contribution in [2.75, 3.05) is 11.6 Å². The third-order valence-corrected chi connectivity index (χ3v) is 3.63. The summed E-state index contributed by atoms with van der Waals surface area (Å²) in [5.41, 5.74) is 1.90. The van der Waals surface area contributed by atoms with Crippen LogP contribution in [0, 0.1) is 5.82 Å². The Hall–Kier alpha value is -1.19. The number of rotatable bonds is 4. The first-order valence-electron chi connectivity index (χ1n) is 5.51. The van der Waals surface area contributed by atoms with Gasteiger partial charge < -0.3 is 5.32 Å². The number of benzene rings is 2. The summed E-state index contributed by atoms with van der Waals surface area (Å²) in [6.45, 7) is 0.667. The molecule has 0 aromatic heterocycles. The van der Waals surface area contributed by atoms with E-state index in [1.165, 1.54) is 17.0 Å². The molecule has 0 bridgehead atoms. The van der Waals surface area contributed by atoms with Crippen LogP contribution in [0.4, 0.5) is 10.1 Å². The largest absolute Gasteiger partial charge is 0.380 e. The van der Waals surface area contributed by atoms with E-state index in [4.69, 9.17) is 11.6 Å². The van der Waals surface area contributed by atoms with Gasteiger partial charge in [0.2, 0.25) is 0 Å². The predicted octanol–water partition coefficient (Wildman–Crippen LogP) is 4.81. The van der Waals surface area contributed by atoms with Crippen molar-refractivity contribution in [2.24, 2.45) is 0 Å². The Balaban J connectivity index is 2.02. The minimum atomic E-state index is -0.324.